The zero-order chi connectivity index (χ0) is 16.2. The van der Waals surface area contributed by atoms with E-state index in [-0.39, 0.29) is 34.7 Å². The highest BCUT2D eigenvalue weighted by atomic mass is 35.5. The van der Waals surface area contributed by atoms with E-state index in [0.717, 1.165) is 0 Å². The zero-order valence-corrected chi connectivity index (χ0v) is 14.4. The molecule has 5 nitrogen and oxygen atoms in total. The first kappa shape index (κ1) is 18.1. The van der Waals surface area contributed by atoms with Crippen molar-refractivity contribution in [2.24, 2.45) is 5.92 Å². The number of benzene rings is 1. The highest BCUT2D eigenvalue weighted by Gasteiger charge is 2.20. The number of amides is 1. The Labute approximate surface area is 135 Å². The molecule has 0 aliphatic rings. The Kier molecular flexibility index (Phi) is 6.31. The lowest BCUT2D eigenvalue weighted by molar-refractivity contribution is 0.0828. The van der Waals surface area contributed by atoms with Gasteiger partial charge in [0, 0.05) is 25.0 Å². The minimum atomic E-state index is -3.61. The van der Waals surface area contributed by atoms with Crippen LogP contribution in [0, 0.1) is 5.92 Å². The minimum absolute atomic E-state index is 0.126. The van der Waals surface area contributed by atoms with Crippen LogP contribution in [0.25, 0.3) is 0 Å². The standard InChI is InChI=1S/C13H18Cl2N2O3S/c1-9(7-14)8-21(19,20)16-12-6-10(15)4-5-11(12)13(18)17(2)3/h4-6,9,16H,7-8H2,1-3H3. The van der Waals surface area contributed by atoms with Gasteiger partial charge in [-0.05, 0) is 24.1 Å². The van der Waals surface area contributed by atoms with Crippen LogP contribution in [0.15, 0.2) is 18.2 Å². The van der Waals surface area contributed by atoms with Gasteiger partial charge in [-0.3, -0.25) is 9.52 Å². The second kappa shape index (κ2) is 7.33. The molecule has 118 valence electrons. The highest BCUT2D eigenvalue weighted by Crippen LogP contribution is 2.23. The summed E-state index contributed by atoms with van der Waals surface area (Å²) in [4.78, 5) is 13.4. The number of sulfonamides is 1. The van der Waals surface area contributed by atoms with Gasteiger partial charge in [0.1, 0.15) is 0 Å². The van der Waals surface area contributed by atoms with Gasteiger partial charge in [0.05, 0.1) is 17.0 Å². The molecule has 0 aromatic heterocycles. The molecular formula is C13H18Cl2N2O3S. The second-order valence-corrected chi connectivity index (χ2v) is 7.54. The number of nitrogens with zero attached hydrogens (tertiary/aromatic N) is 1. The Morgan fingerprint density at radius 2 is 2.00 bits per heavy atom. The fourth-order valence-electron chi connectivity index (χ4n) is 1.66. The van der Waals surface area contributed by atoms with Crippen LogP contribution < -0.4 is 4.72 Å². The Bertz CT molecular complexity index is 618. The Morgan fingerprint density at radius 1 is 1.38 bits per heavy atom. The number of halogens is 2. The molecule has 0 bridgehead atoms. The van der Waals surface area contributed by atoms with E-state index in [9.17, 15) is 13.2 Å². The summed E-state index contributed by atoms with van der Waals surface area (Å²) in [6.45, 7) is 1.73. The average Bonchev–Trinajstić information content (AvgIpc) is 2.36. The number of anilines is 1. The molecule has 0 heterocycles. The van der Waals surface area contributed by atoms with E-state index in [2.05, 4.69) is 4.72 Å². The van der Waals surface area contributed by atoms with Gasteiger partial charge < -0.3 is 4.90 Å². The van der Waals surface area contributed by atoms with E-state index < -0.39 is 10.0 Å². The molecule has 1 aromatic rings. The first-order valence-electron chi connectivity index (χ1n) is 6.24. The Morgan fingerprint density at radius 3 is 2.52 bits per heavy atom. The van der Waals surface area contributed by atoms with E-state index in [4.69, 9.17) is 23.2 Å². The van der Waals surface area contributed by atoms with Gasteiger partial charge in [-0.2, -0.15) is 0 Å². The fourth-order valence-corrected chi connectivity index (χ4v) is 3.52. The van der Waals surface area contributed by atoms with Crippen LogP contribution in [0.5, 0.6) is 0 Å². The van der Waals surface area contributed by atoms with Crippen molar-refractivity contribution in [1.82, 2.24) is 4.90 Å². The quantitative estimate of drug-likeness (QED) is 0.800. The monoisotopic (exact) mass is 352 g/mol. The maximum atomic E-state index is 12.1. The van der Waals surface area contributed by atoms with Gasteiger partial charge in [0.15, 0.2) is 0 Å². The molecule has 0 fully saturated rings. The van der Waals surface area contributed by atoms with Crippen LogP contribution in [0.3, 0.4) is 0 Å². The minimum Gasteiger partial charge on any atom is -0.345 e. The molecule has 0 radical (unpaired) electrons. The number of hydrogen-bond acceptors (Lipinski definition) is 3. The summed E-state index contributed by atoms with van der Waals surface area (Å²) < 4.78 is 26.6. The molecule has 0 saturated heterocycles. The van der Waals surface area contributed by atoms with Gasteiger partial charge in [-0.25, -0.2) is 8.42 Å². The normalized spacial score (nSPS) is 12.8. The molecule has 1 atom stereocenters. The summed E-state index contributed by atoms with van der Waals surface area (Å²) in [5.41, 5.74) is 0.412. The molecule has 0 saturated carbocycles. The topological polar surface area (TPSA) is 66.5 Å². The van der Waals surface area contributed by atoms with E-state index in [0.29, 0.717) is 5.02 Å². The lowest BCUT2D eigenvalue weighted by Gasteiger charge is -2.17. The average molecular weight is 353 g/mol. The maximum Gasteiger partial charge on any atom is 0.255 e. The molecule has 21 heavy (non-hydrogen) atoms. The molecule has 1 N–H and O–H groups in total. The van der Waals surface area contributed by atoms with Crippen molar-refractivity contribution < 1.29 is 13.2 Å². The van der Waals surface area contributed by atoms with E-state index >= 15 is 0 Å². The Hall–Kier alpha value is -0.980. The van der Waals surface area contributed by atoms with Gasteiger partial charge in [0.2, 0.25) is 10.0 Å². The van der Waals surface area contributed by atoms with Crippen LogP contribution >= 0.6 is 23.2 Å². The third kappa shape index (κ3) is 5.37. The number of alkyl halides is 1. The summed E-state index contributed by atoms with van der Waals surface area (Å²) in [5.74, 6) is -0.399. The second-order valence-electron chi connectivity index (χ2n) is 5.03. The van der Waals surface area contributed by atoms with Crippen molar-refractivity contribution in [1.29, 1.82) is 0 Å². The summed E-state index contributed by atoms with van der Waals surface area (Å²) >= 11 is 11.5. The molecule has 1 aromatic carbocycles. The predicted molar refractivity (Wildman–Crippen MR) is 86.8 cm³/mol. The van der Waals surface area contributed by atoms with Gasteiger partial charge >= 0.3 is 0 Å². The molecule has 0 aliphatic heterocycles. The van der Waals surface area contributed by atoms with Crippen molar-refractivity contribution >= 4 is 44.8 Å². The molecule has 8 heteroatoms. The molecule has 1 rings (SSSR count). The zero-order valence-electron chi connectivity index (χ0n) is 12.1. The first-order valence-corrected chi connectivity index (χ1v) is 8.80. The molecule has 1 amide bonds. The fraction of sp³-hybridized carbons (Fsp3) is 0.462. The van der Waals surface area contributed by atoms with Gasteiger partial charge in [-0.1, -0.05) is 18.5 Å². The van der Waals surface area contributed by atoms with Crippen LogP contribution in [-0.2, 0) is 10.0 Å². The first-order chi connectivity index (χ1) is 9.66. The number of rotatable bonds is 6. The van der Waals surface area contributed by atoms with Crippen LogP contribution in [-0.4, -0.2) is 45.0 Å². The van der Waals surface area contributed by atoms with E-state index in [1.54, 1.807) is 21.0 Å². The van der Waals surface area contributed by atoms with Gasteiger partial charge in [-0.15, -0.1) is 11.6 Å². The van der Waals surface area contributed by atoms with Crippen molar-refractivity contribution in [2.75, 3.05) is 30.5 Å². The van der Waals surface area contributed by atoms with Crippen molar-refractivity contribution in [3.63, 3.8) is 0 Å². The summed E-state index contributed by atoms with van der Waals surface area (Å²) in [7, 11) is -0.432. The van der Waals surface area contributed by atoms with Crippen molar-refractivity contribution in [3.8, 4) is 0 Å². The summed E-state index contributed by atoms with van der Waals surface area (Å²) in [6, 6.07) is 4.45. The van der Waals surface area contributed by atoms with Crippen LogP contribution in [0.1, 0.15) is 17.3 Å². The smallest absolute Gasteiger partial charge is 0.255 e. The third-order valence-corrected chi connectivity index (χ3v) is 4.95. The van der Waals surface area contributed by atoms with Gasteiger partial charge in [0.25, 0.3) is 5.91 Å². The lowest BCUT2D eigenvalue weighted by Crippen LogP contribution is -2.26. The number of nitrogens with one attached hydrogen (secondary N) is 1. The summed E-state index contributed by atoms with van der Waals surface area (Å²) in [6.07, 6.45) is 0. The van der Waals surface area contributed by atoms with E-state index in [1.807, 2.05) is 0 Å². The summed E-state index contributed by atoms with van der Waals surface area (Å²) in [5, 5.41) is 0.341. The molecule has 1 unspecified atom stereocenters. The molecule has 0 aliphatic carbocycles. The lowest BCUT2D eigenvalue weighted by atomic mass is 10.1. The number of carbonyl (C=O) groups is 1. The maximum absolute atomic E-state index is 12.1. The largest absolute Gasteiger partial charge is 0.345 e. The third-order valence-electron chi connectivity index (χ3n) is 2.65. The van der Waals surface area contributed by atoms with Crippen molar-refractivity contribution in [3.05, 3.63) is 28.8 Å². The van der Waals surface area contributed by atoms with Crippen LogP contribution in [0.4, 0.5) is 5.69 Å². The molecular weight excluding hydrogens is 335 g/mol. The molecule has 0 spiro atoms. The predicted octanol–water partition coefficient (Wildman–Crippen LogP) is 2.66. The Balaban J connectivity index is 3.12. The highest BCUT2D eigenvalue weighted by molar-refractivity contribution is 7.92. The number of carbonyl (C=O) groups excluding carboxylic acids is 1. The van der Waals surface area contributed by atoms with Crippen molar-refractivity contribution in [2.45, 2.75) is 6.92 Å². The number of hydrogen-bond donors (Lipinski definition) is 1. The van der Waals surface area contributed by atoms with E-state index in [1.165, 1.54) is 23.1 Å². The van der Waals surface area contributed by atoms with Crippen LogP contribution in [0.2, 0.25) is 5.02 Å². The SMILES string of the molecule is CC(CCl)CS(=O)(=O)Nc1cc(Cl)ccc1C(=O)N(C)C.